The average molecular weight is 361 g/mol. The lowest BCUT2D eigenvalue weighted by Crippen LogP contribution is -2.49. The number of halogens is 3. The molecule has 3 rings (SSSR count). The van der Waals surface area contributed by atoms with E-state index in [1.807, 2.05) is 11.0 Å². The van der Waals surface area contributed by atoms with Crippen LogP contribution in [0, 0.1) is 11.3 Å². The van der Waals surface area contributed by atoms with E-state index in [9.17, 15) is 18.0 Å². The normalized spacial score (nSPS) is 14.8. The Morgan fingerprint density at radius 2 is 1.69 bits per heavy atom. The summed E-state index contributed by atoms with van der Waals surface area (Å²) in [4.78, 5) is 23.7. The summed E-state index contributed by atoms with van der Waals surface area (Å²) in [6, 6.07) is 6.63. The average Bonchev–Trinajstić information content (AvgIpc) is 2.67. The summed E-state index contributed by atoms with van der Waals surface area (Å²) >= 11 is 0. The molecule has 2 aromatic rings. The third kappa shape index (κ3) is 3.59. The number of hydrogen-bond acceptors (Lipinski definition) is 5. The van der Waals surface area contributed by atoms with E-state index >= 15 is 0 Å². The van der Waals surface area contributed by atoms with Gasteiger partial charge in [0.05, 0.1) is 29.2 Å². The smallest absolute Gasteiger partial charge is 0.365 e. The third-order valence-corrected chi connectivity index (χ3v) is 4.13. The first-order valence-electron chi connectivity index (χ1n) is 7.83. The van der Waals surface area contributed by atoms with Gasteiger partial charge in [-0.05, 0) is 12.1 Å². The number of nitriles is 1. The van der Waals surface area contributed by atoms with Crippen molar-refractivity contribution in [1.82, 2.24) is 14.9 Å². The maximum atomic E-state index is 13.1. The molecule has 0 spiro atoms. The summed E-state index contributed by atoms with van der Waals surface area (Å²) < 4.78 is 39.3. The van der Waals surface area contributed by atoms with E-state index in [1.54, 1.807) is 0 Å². The van der Waals surface area contributed by atoms with Crippen molar-refractivity contribution in [1.29, 1.82) is 5.26 Å². The SMILES string of the molecule is N#Cc1ncc(N2CCN(C(=O)c3ccccc3C(F)(F)F)CC2)cn1. The summed E-state index contributed by atoms with van der Waals surface area (Å²) in [5.74, 6) is -0.569. The third-order valence-electron chi connectivity index (χ3n) is 4.13. The first-order valence-corrected chi connectivity index (χ1v) is 7.83. The molecule has 6 nitrogen and oxygen atoms in total. The number of benzene rings is 1. The second kappa shape index (κ2) is 7.00. The van der Waals surface area contributed by atoms with Gasteiger partial charge in [0.25, 0.3) is 5.91 Å². The van der Waals surface area contributed by atoms with Crippen molar-refractivity contribution in [2.24, 2.45) is 0 Å². The van der Waals surface area contributed by atoms with Crippen LogP contribution in [0.3, 0.4) is 0 Å². The quantitative estimate of drug-likeness (QED) is 0.821. The molecule has 0 atom stereocenters. The highest BCUT2D eigenvalue weighted by molar-refractivity contribution is 5.96. The van der Waals surface area contributed by atoms with Crippen molar-refractivity contribution in [3.63, 3.8) is 0 Å². The van der Waals surface area contributed by atoms with Gasteiger partial charge in [0.15, 0.2) is 0 Å². The van der Waals surface area contributed by atoms with E-state index < -0.39 is 17.6 Å². The Hall–Kier alpha value is -3.15. The first-order chi connectivity index (χ1) is 12.4. The zero-order valence-corrected chi connectivity index (χ0v) is 13.6. The molecule has 2 heterocycles. The standard InChI is InChI=1S/C17H14F3N5O/c18-17(19,20)14-4-2-1-3-13(14)16(26)25-7-5-24(6-8-25)12-10-22-15(9-21)23-11-12/h1-4,10-11H,5-8H2. The number of piperazine rings is 1. The molecule has 1 aromatic carbocycles. The van der Waals surface area contributed by atoms with Gasteiger partial charge in [-0.3, -0.25) is 4.79 Å². The van der Waals surface area contributed by atoms with Crippen LogP contribution in [-0.4, -0.2) is 47.0 Å². The molecule has 0 radical (unpaired) electrons. The van der Waals surface area contributed by atoms with Crippen LogP contribution in [0.4, 0.5) is 18.9 Å². The Morgan fingerprint density at radius 1 is 1.08 bits per heavy atom. The first kappa shape index (κ1) is 17.7. The van der Waals surface area contributed by atoms with E-state index in [4.69, 9.17) is 5.26 Å². The Labute approximate surface area is 147 Å². The molecule has 26 heavy (non-hydrogen) atoms. The zero-order valence-electron chi connectivity index (χ0n) is 13.6. The molecule has 0 saturated carbocycles. The van der Waals surface area contributed by atoms with Crippen LogP contribution in [0.25, 0.3) is 0 Å². The number of carbonyl (C=O) groups is 1. The van der Waals surface area contributed by atoms with Gasteiger partial charge in [-0.15, -0.1) is 0 Å². The van der Waals surface area contributed by atoms with Crippen molar-refractivity contribution in [3.8, 4) is 6.07 Å². The lowest BCUT2D eigenvalue weighted by atomic mass is 10.1. The maximum Gasteiger partial charge on any atom is 0.417 e. The van der Waals surface area contributed by atoms with Gasteiger partial charge in [-0.25, -0.2) is 9.97 Å². The van der Waals surface area contributed by atoms with E-state index in [-0.39, 0.29) is 24.5 Å². The number of nitrogens with zero attached hydrogens (tertiary/aromatic N) is 5. The number of carbonyl (C=O) groups excluding carboxylic acids is 1. The number of rotatable bonds is 2. The molecule has 1 aliphatic rings. The molecule has 0 bridgehead atoms. The lowest BCUT2D eigenvalue weighted by molar-refractivity contribution is -0.138. The second-order valence-electron chi connectivity index (χ2n) is 5.70. The lowest BCUT2D eigenvalue weighted by Gasteiger charge is -2.36. The van der Waals surface area contributed by atoms with E-state index in [0.717, 1.165) is 6.07 Å². The fraction of sp³-hybridized carbons (Fsp3) is 0.294. The Balaban J connectivity index is 1.70. The van der Waals surface area contributed by atoms with Crippen molar-refractivity contribution < 1.29 is 18.0 Å². The molecule has 1 aliphatic heterocycles. The molecule has 1 fully saturated rings. The fourth-order valence-electron chi connectivity index (χ4n) is 2.80. The number of amides is 1. The van der Waals surface area contributed by atoms with Crippen LogP contribution in [0.1, 0.15) is 21.7 Å². The highest BCUT2D eigenvalue weighted by atomic mass is 19.4. The van der Waals surface area contributed by atoms with Crippen molar-refractivity contribution in [2.45, 2.75) is 6.18 Å². The summed E-state index contributed by atoms with van der Waals surface area (Å²) in [6.45, 7) is 1.44. The molecule has 1 amide bonds. The van der Waals surface area contributed by atoms with E-state index in [0.29, 0.717) is 18.8 Å². The van der Waals surface area contributed by atoms with Crippen LogP contribution < -0.4 is 4.90 Å². The summed E-state index contributed by atoms with van der Waals surface area (Å²) in [5, 5.41) is 8.71. The van der Waals surface area contributed by atoms with Gasteiger partial charge < -0.3 is 9.80 Å². The highest BCUT2D eigenvalue weighted by Crippen LogP contribution is 2.32. The van der Waals surface area contributed by atoms with Gasteiger partial charge in [-0.1, -0.05) is 12.1 Å². The molecule has 0 aliphatic carbocycles. The van der Waals surface area contributed by atoms with E-state index in [2.05, 4.69) is 9.97 Å². The van der Waals surface area contributed by atoms with Crippen LogP contribution in [-0.2, 0) is 6.18 Å². The van der Waals surface area contributed by atoms with Gasteiger partial charge in [-0.2, -0.15) is 18.4 Å². The van der Waals surface area contributed by atoms with Gasteiger partial charge >= 0.3 is 6.18 Å². The number of aromatic nitrogens is 2. The fourth-order valence-corrected chi connectivity index (χ4v) is 2.80. The molecular formula is C17H14F3N5O. The monoisotopic (exact) mass is 361 g/mol. The van der Waals surface area contributed by atoms with Crippen LogP contribution >= 0.6 is 0 Å². The van der Waals surface area contributed by atoms with Gasteiger partial charge in [0, 0.05) is 26.2 Å². The van der Waals surface area contributed by atoms with Crippen molar-refractivity contribution in [3.05, 3.63) is 53.6 Å². The molecular weight excluding hydrogens is 347 g/mol. The van der Waals surface area contributed by atoms with E-state index in [1.165, 1.54) is 35.5 Å². The predicted molar refractivity (Wildman–Crippen MR) is 86.3 cm³/mol. The second-order valence-corrected chi connectivity index (χ2v) is 5.70. The number of anilines is 1. The Kier molecular flexibility index (Phi) is 4.75. The van der Waals surface area contributed by atoms with Crippen LogP contribution in [0.15, 0.2) is 36.7 Å². The zero-order chi connectivity index (χ0) is 18.7. The topological polar surface area (TPSA) is 73.1 Å². The minimum absolute atomic E-state index is 0.0614. The molecule has 0 N–H and O–H groups in total. The largest absolute Gasteiger partial charge is 0.417 e. The Morgan fingerprint density at radius 3 is 2.27 bits per heavy atom. The number of alkyl halides is 3. The van der Waals surface area contributed by atoms with Crippen LogP contribution in [0.2, 0.25) is 0 Å². The summed E-state index contributed by atoms with van der Waals surface area (Å²) in [7, 11) is 0. The molecule has 1 aromatic heterocycles. The van der Waals surface area contributed by atoms with Crippen LogP contribution in [0.5, 0.6) is 0 Å². The molecule has 1 saturated heterocycles. The molecule has 134 valence electrons. The highest BCUT2D eigenvalue weighted by Gasteiger charge is 2.36. The van der Waals surface area contributed by atoms with Gasteiger partial charge in [0.2, 0.25) is 5.82 Å². The minimum Gasteiger partial charge on any atom is -0.365 e. The summed E-state index contributed by atoms with van der Waals surface area (Å²) in [6.07, 6.45) is -1.54. The van der Waals surface area contributed by atoms with Gasteiger partial charge in [0.1, 0.15) is 6.07 Å². The molecule has 9 heteroatoms. The Bertz CT molecular complexity index is 837. The summed E-state index contributed by atoms with van der Waals surface area (Å²) in [5.41, 5.74) is -0.560. The van der Waals surface area contributed by atoms with Crippen molar-refractivity contribution in [2.75, 3.05) is 31.1 Å². The minimum atomic E-state index is -4.58. The number of hydrogen-bond donors (Lipinski definition) is 0. The van der Waals surface area contributed by atoms with Crippen molar-refractivity contribution >= 4 is 11.6 Å². The molecule has 0 unspecified atom stereocenters. The predicted octanol–water partition coefficient (Wildman–Crippen LogP) is 2.33. The maximum absolute atomic E-state index is 13.1.